The van der Waals surface area contributed by atoms with E-state index in [0.29, 0.717) is 0 Å². The van der Waals surface area contributed by atoms with Crippen molar-refractivity contribution in [3.8, 4) is 0 Å². The molecule has 1 aliphatic rings. The first-order valence-corrected chi connectivity index (χ1v) is 6.30. The average molecular weight is 291 g/mol. The molecule has 0 unspecified atom stereocenters. The normalized spacial score (nSPS) is 16.8. The highest BCUT2D eigenvalue weighted by molar-refractivity contribution is 9.10. The summed E-state index contributed by atoms with van der Waals surface area (Å²) in [4.78, 5) is 14.6. The maximum Gasteiger partial charge on any atom is 0.235 e. The van der Waals surface area contributed by atoms with Gasteiger partial charge in [-0.15, -0.1) is 0 Å². The van der Waals surface area contributed by atoms with E-state index in [0.717, 1.165) is 33.8 Å². The number of carbonyl (C=O) groups excluding carboxylic acids is 1. The summed E-state index contributed by atoms with van der Waals surface area (Å²) in [7, 11) is 2.01. The lowest BCUT2D eigenvalue weighted by molar-refractivity contribution is 0.556. The van der Waals surface area contributed by atoms with Crippen LogP contribution in [0.1, 0.15) is 18.4 Å². The van der Waals surface area contributed by atoms with Crippen molar-refractivity contribution < 1.29 is 4.79 Å². The lowest BCUT2D eigenvalue weighted by atomic mass is 10.0. The first-order valence-electron chi connectivity index (χ1n) is 5.51. The number of hydrogen-bond donors (Lipinski definition) is 0. The van der Waals surface area contributed by atoms with Crippen LogP contribution in [0.2, 0.25) is 0 Å². The molecule has 3 rings (SSSR count). The Morgan fingerprint density at radius 1 is 1.47 bits per heavy atom. The van der Waals surface area contributed by atoms with Crippen LogP contribution < -0.4 is 0 Å². The molecule has 0 amide bonds. The lowest BCUT2D eigenvalue weighted by Gasteiger charge is -2.11. The van der Waals surface area contributed by atoms with E-state index in [9.17, 15) is 4.79 Å². The van der Waals surface area contributed by atoms with Gasteiger partial charge in [0.15, 0.2) is 0 Å². The molecule has 86 valence electrons. The second kappa shape index (κ2) is 3.56. The van der Waals surface area contributed by atoms with Crippen LogP contribution in [-0.2, 0) is 17.4 Å². The quantitative estimate of drug-likeness (QED) is 0.617. The fraction of sp³-hybridized carbons (Fsp3) is 0.308. The molecule has 1 aromatic carbocycles. The fourth-order valence-electron chi connectivity index (χ4n) is 2.44. The molecule has 0 bridgehead atoms. The van der Waals surface area contributed by atoms with E-state index in [2.05, 4.69) is 37.6 Å². The number of para-hydroxylation sites is 1. The maximum absolute atomic E-state index is 10.6. The standard InChI is InChI=1S/C13H11BrN2O/c1-16-7-11(14)9-3-2-4-10(12(9)16)13(5-6-13)15-8-17/h2-4,7H,5-6H2,1H3. The molecule has 0 spiro atoms. The molecule has 3 nitrogen and oxygen atoms in total. The highest BCUT2D eigenvalue weighted by atomic mass is 79.9. The summed E-state index contributed by atoms with van der Waals surface area (Å²) in [5.74, 6) is 0. The number of aromatic nitrogens is 1. The molecule has 4 heteroatoms. The second-order valence-electron chi connectivity index (χ2n) is 4.52. The zero-order chi connectivity index (χ0) is 12.0. The maximum atomic E-state index is 10.6. The van der Waals surface area contributed by atoms with Crippen molar-refractivity contribution in [2.75, 3.05) is 0 Å². The van der Waals surface area contributed by atoms with Gasteiger partial charge in [-0.1, -0.05) is 18.2 Å². The summed E-state index contributed by atoms with van der Waals surface area (Å²) in [5.41, 5.74) is 1.97. The van der Waals surface area contributed by atoms with Crippen LogP contribution in [0.3, 0.4) is 0 Å². The van der Waals surface area contributed by atoms with Crippen LogP contribution in [0.25, 0.3) is 10.9 Å². The molecule has 0 N–H and O–H groups in total. The molecular formula is C13H11BrN2O. The Bertz CT molecular complexity index is 649. The van der Waals surface area contributed by atoms with Gasteiger partial charge in [0.1, 0.15) is 5.54 Å². The smallest absolute Gasteiger partial charge is 0.235 e. The summed E-state index contributed by atoms with van der Waals surface area (Å²) in [6, 6.07) is 6.15. The van der Waals surface area contributed by atoms with Gasteiger partial charge < -0.3 is 4.57 Å². The SMILES string of the molecule is Cn1cc(Br)c2cccc(C3(N=C=O)CC3)c21. The number of hydrogen-bond acceptors (Lipinski definition) is 2. The zero-order valence-corrected chi connectivity index (χ0v) is 11.0. The van der Waals surface area contributed by atoms with Gasteiger partial charge in [-0.3, -0.25) is 0 Å². The van der Waals surface area contributed by atoms with Crippen molar-refractivity contribution in [2.24, 2.45) is 12.0 Å². The van der Waals surface area contributed by atoms with Crippen LogP contribution in [0.15, 0.2) is 33.9 Å². The van der Waals surface area contributed by atoms with E-state index in [4.69, 9.17) is 0 Å². The highest BCUT2D eigenvalue weighted by Gasteiger charge is 2.46. The summed E-state index contributed by atoms with van der Waals surface area (Å²) in [5, 5.41) is 1.16. The van der Waals surface area contributed by atoms with Gasteiger partial charge >= 0.3 is 0 Å². The summed E-state index contributed by atoms with van der Waals surface area (Å²) < 4.78 is 3.15. The van der Waals surface area contributed by atoms with Crippen molar-refractivity contribution in [1.82, 2.24) is 4.57 Å². The average Bonchev–Trinajstić information content (AvgIpc) is 3.03. The van der Waals surface area contributed by atoms with Crippen molar-refractivity contribution in [1.29, 1.82) is 0 Å². The Balaban J connectivity index is 2.34. The van der Waals surface area contributed by atoms with E-state index in [1.807, 2.05) is 19.3 Å². The Kier molecular flexibility index (Phi) is 2.25. The first kappa shape index (κ1) is 10.8. The van der Waals surface area contributed by atoms with Crippen molar-refractivity contribution >= 4 is 32.9 Å². The Morgan fingerprint density at radius 2 is 2.24 bits per heavy atom. The molecule has 0 aliphatic heterocycles. The Labute approximate surface area is 107 Å². The number of nitrogens with zero attached hydrogens (tertiary/aromatic N) is 2. The Hall–Kier alpha value is -1.38. The highest BCUT2D eigenvalue weighted by Crippen LogP contribution is 2.51. The minimum Gasteiger partial charge on any atom is -0.349 e. The number of isocyanates is 1. The molecule has 1 heterocycles. The van der Waals surface area contributed by atoms with E-state index < -0.39 is 0 Å². The van der Waals surface area contributed by atoms with E-state index in [1.54, 1.807) is 6.08 Å². The van der Waals surface area contributed by atoms with Crippen LogP contribution in [0, 0.1) is 0 Å². The number of aliphatic imine (C=N–C) groups is 1. The summed E-state index contributed by atoms with van der Waals surface area (Å²) in [6.07, 6.45) is 5.62. The molecule has 1 fully saturated rings. The molecule has 1 saturated carbocycles. The summed E-state index contributed by atoms with van der Waals surface area (Å²) >= 11 is 3.55. The molecule has 2 aromatic rings. The van der Waals surface area contributed by atoms with E-state index in [1.165, 1.54) is 0 Å². The van der Waals surface area contributed by atoms with E-state index in [-0.39, 0.29) is 5.54 Å². The fourth-order valence-corrected chi connectivity index (χ4v) is 3.07. The zero-order valence-electron chi connectivity index (χ0n) is 9.40. The van der Waals surface area contributed by atoms with Crippen molar-refractivity contribution in [3.05, 3.63) is 34.4 Å². The monoisotopic (exact) mass is 290 g/mol. The minimum atomic E-state index is -0.313. The number of benzene rings is 1. The van der Waals surface area contributed by atoms with E-state index >= 15 is 0 Å². The van der Waals surface area contributed by atoms with Gasteiger partial charge in [-0.05, 0) is 28.8 Å². The number of fused-ring (bicyclic) bond motifs is 1. The third-order valence-corrected chi connectivity index (χ3v) is 4.07. The predicted molar refractivity (Wildman–Crippen MR) is 69.7 cm³/mol. The van der Waals surface area contributed by atoms with Crippen LogP contribution >= 0.6 is 15.9 Å². The summed E-state index contributed by atoms with van der Waals surface area (Å²) in [6.45, 7) is 0. The van der Waals surface area contributed by atoms with Crippen molar-refractivity contribution in [3.63, 3.8) is 0 Å². The van der Waals surface area contributed by atoms with Gasteiger partial charge in [0.2, 0.25) is 6.08 Å². The molecular weight excluding hydrogens is 280 g/mol. The largest absolute Gasteiger partial charge is 0.349 e. The van der Waals surface area contributed by atoms with Gasteiger partial charge in [0.25, 0.3) is 0 Å². The van der Waals surface area contributed by atoms with Gasteiger partial charge in [0, 0.05) is 28.7 Å². The number of rotatable bonds is 2. The van der Waals surface area contributed by atoms with Gasteiger partial charge in [-0.2, -0.15) is 4.99 Å². The predicted octanol–water partition coefficient (Wildman–Crippen LogP) is 3.27. The van der Waals surface area contributed by atoms with Crippen molar-refractivity contribution in [2.45, 2.75) is 18.4 Å². The molecule has 0 radical (unpaired) electrons. The molecule has 17 heavy (non-hydrogen) atoms. The topological polar surface area (TPSA) is 34.4 Å². The van der Waals surface area contributed by atoms with Gasteiger partial charge in [0.05, 0.1) is 5.52 Å². The minimum absolute atomic E-state index is 0.313. The van der Waals surface area contributed by atoms with Crippen LogP contribution in [0.4, 0.5) is 0 Å². The third kappa shape index (κ3) is 1.48. The Morgan fingerprint density at radius 3 is 2.88 bits per heavy atom. The molecule has 1 aliphatic carbocycles. The van der Waals surface area contributed by atoms with Gasteiger partial charge in [-0.25, -0.2) is 4.79 Å². The first-order chi connectivity index (χ1) is 8.18. The number of aryl methyl sites for hydroxylation is 1. The lowest BCUT2D eigenvalue weighted by Crippen LogP contribution is -2.04. The van der Waals surface area contributed by atoms with Crippen LogP contribution in [0.5, 0.6) is 0 Å². The molecule has 1 aromatic heterocycles. The second-order valence-corrected chi connectivity index (χ2v) is 5.38. The van der Waals surface area contributed by atoms with Crippen LogP contribution in [-0.4, -0.2) is 10.6 Å². The number of halogens is 1. The third-order valence-electron chi connectivity index (χ3n) is 3.44. The molecule has 0 saturated heterocycles. The molecule has 0 atom stereocenters.